The molecular formula is C12H13ClN2S. The van der Waals surface area contributed by atoms with E-state index >= 15 is 0 Å². The summed E-state index contributed by atoms with van der Waals surface area (Å²) in [7, 11) is 0. The zero-order chi connectivity index (χ0) is 11.5. The highest BCUT2D eigenvalue weighted by atomic mass is 35.5. The van der Waals surface area contributed by atoms with E-state index < -0.39 is 0 Å². The Balaban J connectivity index is 2.14. The van der Waals surface area contributed by atoms with Crippen molar-refractivity contribution in [1.82, 2.24) is 10.2 Å². The second-order valence-electron chi connectivity index (χ2n) is 3.82. The van der Waals surface area contributed by atoms with E-state index in [4.69, 9.17) is 11.6 Å². The van der Waals surface area contributed by atoms with E-state index in [0.717, 1.165) is 16.4 Å². The predicted octanol–water partition coefficient (Wildman–Crippen LogP) is 3.74. The van der Waals surface area contributed by atoms with Crippen molar-refractivity contribution in [2.24, 2.45) is 0 Å². The number of alkyl halides is 1. The monoisotopic (exact) mass is 252 g/mol. The summed E-state index contributed by atoms with van der Waals surface area (Å²) in [6, 6.07) is 8.44. The average Bonchev–Trinajstić information content (AvgIpc) is 2.66. The van der Waals surface area contributed by atoms with Crippen LogP contribution in [0.25, 0.3) is 0 Å². The maximum Gasteiger partial charge on any atom is 0.135 e. The number of aryl methyl sites for hydroxylation is 1. The number of aromatic nitrogens is 2. The van der Waals surface area contributed by atoms with Gasteiger partial charge in [-0.3, -0.25) is 0 Å². The summed E-state index contributed by atoms with van der Waals surface area (Å²) < 4.78 is 0. The molecule has 1 unspecified atom stereocenters. The van der Waals surface area contributed by atoms with Crippen LogP contribution in [0.4, 0.5) is 0 Å². The fraction of sp³-hybridized carbons (Fsp3) is 0.333. The van der Waals surface area contributed by atoms with E-state index in [-0.39, 0.29) is 5.38 Å². The summed E-state index contributed by atoms with van der Waals surface area (Å²) >= 11 is 7.54. The van der Waals surface area contributed by atoms with E-state index in [1.807, 2.05) is 6.92 Å². The summed E-state index contributed by atoms with van der Waals surface area (Å²) in [6.45, 7) is 4.01. The number of benzene rings is 1. The van der Waals surface area contributed by atoms with Gasteiger partial charge in [0.1, 0.15) is 10.0 Å². The average molecular weight is 253 g/mol. The van der Waals surface area contributed by atoms with E-state index in [9.17, 15) is 0 Å². The maximum absolute atomic E-state index is 5.95. The molecule has 2 nitrogen and oxygen atoms in total. The van der Waals surface area contributed by atoms with Crippen LogP contribution in [-0.4, -0.2) is 10.2 Å². The van der Waals surface area contributed by atoms with Crippen molar-refractivity contribution in [3.05, 3.63) is 45.4 Å². The first kappa shape index (κ1) is 11.6. The number of nitrogens with zero attached hydrogens (tertiary/aromatic N) is 2. The van der Waals surface area contributed by atoms with Crippen molar-refractivity contribution in [3.8, 4) is 0 Å². The van der Waals surface area contributed by atoms with Gasteiger partial charge < -0.3 is 0 Å². The first-order chi connectivity index (χ1) is 7.65. The lowest BCUT2D eigenvalue weighted by Gasteiger charge is -1.98. The van der Waals surface area contributed by atoms with Gasteiger partial charge in [0.25, 0.3) is 0 Å². The van der Waals surface area contributed by atoms with Gasteiger partial charge in [-0.2, -0.15) is 0 Å². The molecule has 1 aromatic carbocycles. The van der Waals surface area contributed by atoms with Crippen molar-refractivity contribution in [2.75, 3.05) is 0 Å². The second kappa shape index (κ2) is 4.93. The topological polar surface area (TPSA) is 25.8 Å². The lowest BCUT2D eigenvalue weighted by Crippen LogP contribution is -1.87. The van der Waals surface area contributed by atoms with E-state index in [0.29, 0.717) is 0 Å². The third kappa shape index (κ3) is 2.80. The molecule has 0 bridgehead atoms. The number of hydrogen-bond acceptors (Lipinski definition) is 3. The Labute approximate surface area is 104 Å². The van der Waals surface area contributed by atoms with Crippen LogP contribution in [0.3, 0.4) is 0 Å². The van der Waals surface area contributed by atoms with Crippen LogP contribution >= 0.6 is 22.9 Å². The molecule has 0 radical (unpaired) electrons. The molecule has 1 heterocycles. The van der Waals surface area contributed by atoms with Gasteiger partial charge in [-0.05, 0) is 19.4 Å². The second-order valence-corrected chi connectivity index (χ2v) is 5.56. The Hall–Kier alpha value is -0.930. The zero-order valence-corrected chi connectivity index (χ0v) is 10.8. The van der Waals surface area contributed by atoms with Gasteiger partial charge in [0.2, 0.25) is 0 Å². The largest absolute Gasteiger partial charge is 0.143 e. The maximum atomic E-state index is 5.95. The highest BCUT2D eigenvalue weighted by molar-refractivity contribution is 7.11. The van der Waals surface area contributed by atoms with Gasteiger partial charge in [0.05, 0.1) is 5.38 Å². The molecule has 0 fully saturated rings. The van der Waals surface area contributed by atoms with Crippen LogP contribution in [0.2, 0.25) is 0 Å². The normalized spacial score (nSPS) is 12.7. The van der Waals surface area contributed by atoms with E-state index in [2.05, 4.69) is 41.4 Å². The quantitative estimate of drug-likeness (QED) is 0.778. The summed E-state index contributed by atoms with van der Waals surface area (Å²) in [5.41, 5.74) is 2.54. The lowest BCUT2D eigenvalue weighted by molar-refractivity contribution is 0.931. The molecule has 0 spiro atoms. The van der Waals surface area contributed by atoms with Crippen molar-refractivity contribution >= 4 is 22.9 Å². The van der Waals surface area contributed by atoms with Crippen molar-refractivity contribution in [2.45, 2.75) is 25.6 Å². The summed E-state index contributed by atoms with van der Waals surface area (Å²) in [6.07, 6.45) is 0.836. The Morgan fingerprint density at radius 2 is 2.19 bits per heavy atom. The molecule has 0 aliphatic rings. The molecule has 4 heteroatoms. The smallest absolute Gasteiger partial charge is 0.135 e. The molecule has 2 aromatic rings. The summed E-state index contributed by atoms with van der Waals surface area (Å²) in [5, 5.41) is 10.1. The SMILES string of the molecule is Cc1cccc(Cc2nnc(C(C)Cl)s2)c1. The fourth-order valence-corrected chi connectivity index (χ4v) is 2.48. The van der Waals surface area contributed by atoms with Crippen LogP contribution in [0.15, 0.2) is 24.3 Å². The minimum absolute atomic E-state index is 0.0521. The Bertz CT molecular complexity index is 479. The molecule has 84 valence electrons. The molecule has 1 aromatic heterocycles. The third-order valence-corrected chi connectivity index (χ3v) is 3.70. The van der Waals surface area contributed by atoms with Gasteiger partial charge in [0, 0.05) is 6.42 Å². The third-order valence-electron chi connectivity index (χ3n) is 2.26. The molecule has 0 N–H and O–H groups in total. The highest BCUT2D eigenvalue weighted by Gasteiger charge is 2.09. The molecule has 0 aliphatic heterocycles. The summed E-state index contributed by atoms with van der Waals surface area (Å²) in [4.78, 5) is 0. The lowest BCUT2D eigenvalue weighted by atomic mass is 10.1. The van der Waals surface area contributed by atoms with E-state index in [1.54, 1.807) is 11.3 Å². The number of rotatable bonds is 3. The minimum Gasteiger partial charge on any atom is -0.143 e. The first-order valence-electron chi connectivity index (χ1n) is 5.17. The summed E-state index contributed by atoms with van der Waals surface area (Å²) in [5.74, 6) is 0. The highest BCUT2D eigenvalue weighted by Crippen LogP contribution is 2.24. The van der Waals surface area contributed by atoms with Crippen LogP contribution in [-0.2, 0) is 6.42 Å². The van der Waals surface area contributed by atoms with Gasteiger partial charge in [-0.25, -0.2) is 0 Å². The molecule has 0 saturated carbocycles. The van der Waals surface area contributed by atoms with Crippen molar-refractivity contribution in [1.29, 1.82) is 0 Å². The molecule has 2 rings (SSSR count). The zero-order valence-electron chi connectivity index (χ0n) is 9.27. The van der Waals surface area contributed by atoms with E-state index in [1.165, 1.54) is 11.1 Å². The molecule has 0 amide bonds. The van der Waals surface area contributed by atoms with Crippen molar-refractivity contribution < 1.29 is 0 Å². The van der Waals surface area contributed by atoms with Gasteiger partial charge >= 0.3 is 0 Å². The molecular weight excluding hydrogens is 240 g/mol. The Morgan fingerprint density at radius 1 is 1.38 bits per heavy atom. The predicted molar refractivity (Wildman–Crippen MR) is 68.2 cm³/mol. The van der Waals surface area contributed by atoms with Gasteiger partial charge in [0.15, 0.2) is 0 Å². The van der Waals surface area contributed by atoms with Gasteiger partial charge in [-0.1, -0.05) is 41.2 Å². The Kier molecular flexibility index (Phi) is 3.56. The van der Waals surface area contributed by atoms with Crippen LogP contribution in [0.1, 0.15) is 33.4 Å². The van der Waals surface area contributed by atoms with Crippen molar-refractivity contribution in [3.63, 3.8) is 0 Å². The van der Waals surface area contributed by atoms with Crippen LogP contribution < -0.4 is 0 Å². The molecule has 16 heavy (non-hydrogen) atoms. The number of halogens is 1. The molecule has 0 aliphatic carbocycles. The Morgan fingerprint density at radius 3 is 2.81 bits per heavy atom. The molecule has 1 atom stereocenters. The fourth-order valence-electron chi connectivity index (χ4n) is 1.50. The van der Waals surface area contributed by atoms with Crippen LogP contribution in [0.5, 0.6) is 0 Å². The van der Waals surface area contributed by atoms with Crippen LogP contribution in [0, 0.1) is 6.92 Å². The van der Waals surface area contributed by atoms with Gasteiger partial charge in [-0.15, -0.1) is 21.8 Å². The number of hydrogen-bond donors (Lipinski definition) is 0. The standard InChI is InChI=1S/C12H13ClN2S/c1-8-4-3-5-10(6-8)7-11-14-15-12(16-11)9(2)13/h3-6,9H,7H2,1-2H3. The minimum atomic E-state index is -0.0521. The molecule has 0 saturated heterocycles. The first-order valence-corrected chi connectivity index (χ1v) is 6.42.